The third-order valence-corrected chi connectivity index (χ3v) is 5.43. The van der Waals surface area contributed by atoms with E-state index < -0.39 is 5.97 Å². The van der Waals surface area contributed by atoms with Crippen molar-refractivity contribution in [1.29, 1.82) is 0 Å². The molecule has 132 valence electrons. The van der Waals surface area contributed by atoms with E-state index in [2.05, 4.69) is 11.6 Å². The smallest absolute Gasteiger partial charge is 0.337 e. The molecule has 0 unspecified atom stereocenters. The van der Waals surface area contributed by atoms with Crippen molar-refractivity contribution < 1.29 is 14.3 Å². The first-order valence-corrected chi connectivity index (χ1v) is 9.45. The van der Waals surface area contributed by atoms with E-state index in [1.54, 1.807) is 35.6 Å². The van der Waals surface area contributed by atoms with Crippen LogP contribution in [-0.4, -0.2) is 23.6 Å². The van der Waals surface area contributed by atoms with E-state index in [1.807, 2.05) is 28.1 Å². The summed E-state index contributed by atoms with van der Waals surface area (Å²) in [7, 11) is 1.35. The van der Waals surface area contributed by atoms with Crippen LogP contribution in [0.25, 0.3) is 16.3 Å². The maximum atomic E-state index is 12.2. The molecule has 0 bridgehead atoms. The van der Waals surface area contributed by atoms with Crippen LogP contribution in [0.3, 0.4) is 0 Å². The van der Waals surface area contributed by atoms with Gasteiger partial charge in [-0.05, 0) is 35.7 Å². The number of rotatable bonds is 5. The van der Waals surface area contributed by atoms with Crippen molar-refractivity contribution in [2.45, 2.75) is 6.54 Å². The molecule has 0 radical (unpaired) electrons. The summed E-state index contributed by atoms with van der Waals surface area (Å²) >= 11 is 2.90. The highest BCUT2D eigenvalue weighted by molar-refractivity contribution is 7.16. The topological polar surface area (TPSA) is 60.7 Å². The van der Waals surface area contributed by atoms with Gasteiger partial charge in [0, 0.05) is 17.5 Å². The van der Waals surface area contributed by atoms with Crippen LogP contribution in [0.1, 0.15) is 15.2 Å². The van der Waals surface area contributed by atoms with Gasteiger partial charge in [0.15, 0.2) is 4.80 Å². The molecule has 0 aliphatic heterocycles. The average Bonchev–Trinajstić information content (AvgIpc) is 3.27. The SMILES string of the molecule is C=CCn1c(=NC(=O)/C=C/c2cccs2)sc2cc(C(=O)OC)ccc21. The first kappa shape index (κ1) is 18.0. The molecular weight excluding hydrogens is 368 g/mol. The Morgan fingerprint density at radius 1 is 1.35 bits per heavy atom. The summed E-state index contributed by atoms with van der Waals surface area (Å²) in [4.78, 5) is 29.7. The van der Waals surface area contributed by atoms with E-state index in [4.69, 9.17) is 4.74 Å². The Bertz CT molecular complexity index is 1060. The third kappa shape index (κ3) is 3.89. The first-order valence-electron chi connectivity index (χ1n) is 7.75. The Hall–Kier alpha value is -2.77. The number of ether oxygens (including phenoxy) is 1. The number of amides is 1. The van der Waals surface area contributed by atoms with Crippen molar-refractivity contribution in [3.8, 4) is 0 Å². The number of carbonyl (C=O) groups is 2. The van der Waals surface area contributed by atoms with Crippen LogP contribution < -0.4 is 4.80 Å². The Morgan fingerprint density at radius 2 is 2.19 bits per heavy atom. The van der Waals surface area contributed by atoms with Gasteiger partial charge in [0.05, 0.1) is 22.9 Å². The van der Waals surface area contributed by atoms with E-state index in [9.17, 15) is 9.59 Å². The van der Waals surface area contributed by atoms with Crippen LogP contribution in [0.15, 0.2) is 59.4 Å². The normalized spacial score (nSPS) is 12.0. The molecule has 0 saturated heterocycles. The lowest BCUT2D eigenvalue weighted by Gasteiger charge is -2.02. The maximum Gasteiger partial charge on any atom is 0.337 e. The lowest BCUT2D eigenvalue weighted by molar-refractivity contribution is -0.113. The lowest BCUT2D eigenvalue weighted by Crippen LogP contribution is -2.15. The van der Waals surface area contributed by atoms with Crippen LogP contribution in [0.2, 0.25) is 0 Å². The minimum absolute atomic E-state index is 0.337. The van der Waals surface area contributed by atoms with Gasteiger partial charge in [0.2, 0.25) is 0 Å². The highest BCUT2D eigenvalue weighted by Crippen LogP contribution is 2.20. The zero-order chi connectivity index (χ0) is 18.5. The quantitative estimate of drug-likeness (QED) is 0.381. The van der Waals surface area contributed by atoms with Gasteiger partial charge in [-0.15, -0.1) is 17.9 Å². The van der Waals surface area contributed by atoms with E-state index in [0.717, 1.165) is 15.1 Å². The second-order valence-electron chi connectivity index (χ2n) is 5.26. The fourth-order valence-corrected chi connectivity index (χ4v) is 4.08. The predicted molar refractivity (Wildman–Crippen MR) is 105 cm³/mol. The predicted octanol–water partition coefficient (Wildman–Crippen LogP) is 3.88. The minimum Gasteiger partial charge on any atom is -0.465 e. The number of allylic oxidation sites excluding steroid dienone is 1. The molecule has 0 atom stereocenters. The van der Waals surface area contributed by atoms with Gasteiger partial charge in [-0.3, -0.25) is 4.79 Å². The van der Waals surface area contributed by atoms with Crippen LogP contribution in [0.4, 0.5) is 0 Å². The first-order chi connectivity index (χ1) is 12.6. The summed E-state index contributed by atoms with van der Waals surface area (Å²) in [6.07, 6.45) is 4.94. The summed E-state index contributed by atoms with van der Waals surface area (Å²) in [5.74, 6) is -0.736. The molecular formula is C19H16N2O3S2. The molecule has 3 aromatic rings. The highest BCUT2D eigenvalue weighted by Gasteiger charge is 2.11. The summed E-state index contributed by atoms with van der Waals surface area (Å²) < 4.78 is 7.50. The minimum atomic E-state index is -0.399. The number of thiophene rings is 1. The summed E-state index contributed by atoms with van der Waals surface area (Å²) in [5.41, 5.74) is 1.35. The van der Waals surface area contributed by atoms with Crippen molar-refractivity contribution in [3.05, 3.63) is 69.7 Å². The fourth-order valence-electron chi connectivity index (χ4n) is 2.38. The van der Waals surface area contributed by atoms with E-state index in [1.165, 1.54) is 24.5 Å². The second-order valence-corrected chi connectivity index (χ2v) is 7.25. The molecule has 2 aromatic heterocycles. The van der Waals surface area contributed by atoms with Crippen molar-refractivity contribution in [2.75, 3.05) is 7.11 Å². The van der Waals surface area contributed by atoms with Crippen molar-refractivity contribution in [2.24, 2.45) is 4.99 Å². The molecule has 0 aliphatic carbocycles. The summed E-state index contributed by atoms with van der Waals surface area (Å²) in [5, 5.41) is 1.95. The van der Waals surface area contributed by atoms with Crippen LogP contribution >= 0.6 is 22.7 Å². The number of hydrogen-bond donors (Lipinski definition) is 0. The second kappa shape index (κ2) is 8.07. The number of carbonyl (C=O) groups excluding carboxylic acids is 2. The maximum absolute atomic E-state index is 12.2. The number of fused-ring (bicyclic) bond motifs is 1. The van der Waals surface area contributed by atoms with Crippen molar-refractivity contribution in [3.63, 3.8) is 0 Å². The van der Waals surface area contributed by atoms with Gasteiger partial charge in [-0.1, -0.05) is 23.5 Å². The molecule has 0 fully saturated rings. The zero-order valence-electron chi connectivity index (χ0n) is 14.0. The number of hydrogen-bond acceptors (Lipinski definition) is 5. The lowest BCUT2D eigenvalue weighted by atomic mass is 10.2. The van der Waals surface area contributed by atoms with Crippen molar-refractivity contribution >= 4 is 50.8 Å². The molecule has 0 saturated carbocycles. The largest absolute Gasteiger partial charge is 0.465 e. The molecule has 5 nitrogen and oxygen atoms in total. The number of aromatic nitrogens is 1. The van der Waals surface area contributed by atoms with Gasteiger partial charge in [-0.25, -0.2) is 4.79 Å². The Balaban J connectivity index is 2.02. The molecule has 0 spiro atoms. The molecule has 0 N–H and O–H groups in total. The molecule has 3 rings (SSSR count). The number of thiazole rings is 1. The highest BCUT2D eigenvalue weighted by atomic mass is 32.1. The zero-order valence-corrected chi connectivity index (χ0v) is 15.7. The monoisotopic (exact) mass is 384 g/mol. The Labute approximate surface area is 158 Å². The molecule has 7 heteroatoms. The average molecular weight is 384 g/mol. The van der Waals surface area contributed by atoms with E-state index in [-0.39, 0.29) is 5.91 Å². The van der Waals surface area contributed by atoms with Gasteiger partial charge in [0.1, 0.15) is 0 Å². The standard InChI is InChI=1S/C19H16N2O3S2/c1-3-10-21-15-8-6-13(18(23)24-2)12-16(15)26-19(21)20-17(22)9-7-14-5-4-11-25-14/h3-9,11-12H,1,10H2,2H3/b9-7+,20-19?. The van der Waals surface area contributed by atoms with E-state index >= 15 is 0 Å². The van der Waals surface area contributed by atoms with E-state index in [0.29, 0.717) is 16.9 Å². The van der Waals surface area contributed by atoms with Crippen LogP contribution in [-0.2, 0) is 16.1 Å². The number of benzene rings is 1. The summed E-state index contributed by atoms with van der Waals surface area (Å²) in [6, 6.07) is 9.13. The fraction of sp³-hybridized carbons (Fsp3) is 0.105. The Morgan fingerprint density at radius 3 is 2.88 bits per heavy atom. The molecule has 2 heterocycles. The summed E-state index contributed by atoms with van der Waals surface area (Å²) in [6.45, 7) is 4.27. The molecule has 1 aromatic carbocycles. The third-order valence-electron chi connectivity index (χ3n) is 3.55. The van der Waals surface area contributed by atoms with Crippen LogP contribution in [0.5, 0.6) is 0 Å². The van der Waals surface area contributed by atoms with Crippen molar-refractivity contribution in [1.82, 2.24) is 4.57 Å². The van der Waals surface area contributed by atoms with Crippen LogP contribution in [0, 0.1) is 0 Å². The number of esters is 1. The molecule has 0 aliphatic rings. The van der Waals surface area contributed by atoms with Gasteiger partial charge in [-0.2, -0.15) is 4.99 Å². The number of nitrogens with zero attached hydrogens (tertiary/aromatic N) is 2. The molecule has 1 amide bonds. The van der Waals surface area contributed by atoms with Gasteiger partial charge in [0.25, 0.3) is 5.91 Å². The van der Waals surface area contributed by atoms with Gasteiger partial charge >= 0.3 is 5.97 Å². The van der Waals surface area contributed by atoms with Gasteiger partial charge < -0.3 is 9.30 Å². The number of methoxy groups -OCH3 is 1. The molecule has 26 heavy (non-hydrogen) atoms. The Kier molecular flexibility index (Phi) is 5.60.